The van der Waals surface area contributed by atoms with Crippen molar-refractivity contribution in [2.75, 3.05) is 12.3 Å². The highest BCUT2D eigenvalue weighted by atomic mass is 32.2. The van der Waals surface area contributed by atoms with Crippen LogP contribution in [0.1, 0.15) is 91.7 Å². The third-order valence-corrected chi connectivity index (χ3v) is 12.3. The van der Waals surface area contributed by atoms with E-state index in [4.69, 9.17) is 10.2 Å². The third-order valence-electron chi connectivity index (χ3n) is 10.8. The van der Waals surface area contributed by atoms with Gasteiger partial charge >= 0.3 is 6.03 Å². The summed E-state index contributed by atoms with van der Waals surface area (Å²) in [4.78, 5) is 67.9. The van der Waals surface area contributed by atoms with Crippen molar-refractivity contribution in [2.45, 2.75) is 115 Å². The number of Topliss-reactive ketones (excluding diaryl/α,β-unsaturated/α-hetero) is 1. The third kappa shape index (κ3) is 7.98. The molecule has 260 valence electrons. The molecular formula is C34H51N5O7S. The van der Waals surface area contributed by atoms with E-state index in [9.17, 15) is 28.5 Å². The lowest BCUT2D eigenvalue weighted by molar-refractivity contribution is -0.145. The molecule has 4 aliphatic rings. The first-order chi connectivity index (χ1) is 22.0. The second-order valence-corrected chi connectivity index (χ2v) is 17.4. The van der Waals surface area contributed by atoms with Gasteiger partial charge in [-0.25, -0.2) is 4.79 Å². The second-order valence-electron chi connectivity index (χ2n) is 15.9. The molecule has 0 aromatic carbocycles. The van der Waals surface area contributed by atoms with Gasteiger partial charge in [-0.1, -0.05) is 66.7 Å². The van der Waals surface area contributed by atoms with Crippen LogP contribution in [0.3, 0.4) is 0 Å². The first kappa shape index (κ1) is 35.3. The van der Waals surface area contributed by atoms with Crippen molar-refractivity contribution in [1.29, 1.82) is 0 Å². The van der Waals surface area contributed by atoms with Crippen molar-refractivity contribution in [3.05, 3.63) is 24.2 Å². The number of ketones is 1. The number of amides is 5. The summed E-state index contributed by atoms with van der Waals surface area (Å²) in [6, 6.07) is 0.167. The fourth-order valence-corrected chi connectivity index (χ4v) is 9.39. The fourth-order valence-electron chi connectivity index (χ4n) is 7.83. The Kier molecular flexibility index (Phi) is 10.1. The number of piperidine rings is 1. The minimum Gasteiger partial charge on any atom is -0.616 e. The number of nitrogens with zero attached hydrogens (tertiary/aromatic N) is 1. The highest BCUT2D eigenvalue weighted by molar-refractivity contribution is 7.90. The van der Waals surface area contributed by atoms with Crippen LogP contribution < -0.4 is 21.7 Å². The molecule has 1 aromatic heterocycles. The Balaban J connectivity index is 1.31. The first-order valence-electron chi connectivity index (χ1n) is 16.9. The number of rotatable bonds is 13. The van der Waals surface area contributed by atoms with Crippen LogP contribution in [-0.4, -0.2) is 75.0 Å². The van der Waals surface area contributed by atoms with Gasteiger partial charge < -0.3 is 35.6 Å². The van der Waals surface area contributed by atoms with Crippen LogP contribution in [0.5, 0.6) is 0 Å². The number of likely N-dealkylation sites (tertiary alicyclic amines) is 1. The van der Waals surface area contributed by atoms with Crippen LogP contribution in [-0.2, 0) is 36.1 Å². The molecule has 1 saturated heterocycles. The molecule has 1 aliphatic heterocycles. The number of nitrogens with two attached hydrogens (primary N) is 1. The molecule has 6 atom stereocenters. The molecular weight excluding hydrogens is 622 g/mol. The molecule has 3 aliphatic carbocycles. The minimum absolute atomic E-state index is 0.0834. The molecule has 0 bridgehead atoms. The molecule has 1 aromatic rings. The Labute approximate surface area is 280 Å². The number of nitrogens with one attached hydrogen (secondary N) is 3. The predicted octanol–water partition coefficient (Wildman–Crippen LogP) is 2.77. The number of hydrogen-bond acceptors (Lipinski definition) is 7. The maximum absolute atomic E-state index is 14.4. The van der Waals surface area contributed by atoms with Crippen LogP contribution in [0.2, 0.25) is 0 Å². The van der Waals surface area contributed by atoms with Gasteiger partial charge in [-0.3, -0.25) is 19.2 Å². The molecule has 2 heterocycles. The van der Waals surface area contributed by atoms with E-state index >= 15 is 0 Å². The van der Waals surface area contributed by atoms with Crippen molar-refractivity contribution in [3.63, 3.8) is 0 Å². The van der Waals surface area contributed by atoms with Crippen molar-refractivity contribution in [1.82, 2.24) is 20.9 Å². The van der Waals surface area contributed by atoms with E-state index in [1.165, 1.54) is 0 Å². The number of primary amides is 1. The molecule has 4 fully saturated rings. The fraction of sp³-hybridized carbons (Fsp3) is 0.735. The summed E-state index contributed by atoms with van der Waals surface area (Å²) in [7, 11) is 0. The Morgan fingerprint density at radius 1 is 1.11 bits per heavy atom. The number of hydrogen-bond donors (Lipinski definition) is 4. The van der Waals surface area contributed by atoms with Crippen LogP contribution in [0.4, 0.5) is 4.79 Å². The van der Waals surface area contributed by atoms with E-state index in [2.05, 4.69) is 29.8 Å². The van der Waals surface area contributed by atoms with Gasteiger partial charge in [-0.05, 0) is 71.2 Å². The van der Waals surface area contributed by atoms with E-state index in [-0.39, 0.29) is 40.6 Å². The van der Waals surface area contributed by atoms with Gasteiger partial charge in [0.05, 0.1) is 17.8 Å². The highest BCUT2D eigenvalue weighted by Crippen LogP contribution is 2.65. The molecule has 5 amide bonds. The average Bonchev–Trinajstić information content (AvgIpc) is 3.70. The van der Waals surface area contributed by atoms with Crippen LogP contribution >= 0.6 is 0 Å². The largest absolute Gasteiger partial charge is 0.616 e. The first-order valence-corrected chi connectivity index (χ1v) is 18.4. The highest BCUT2D eigenvalue weighted by Gasteiger charge is 2.70. The number of furan rings is 1. The molecule has 47 heavy (non-hydrogen) atoms. The second kappa shape index (κ2) is 13.4. The van der Waals surface area contributed by atoms with E-state index in [0.29, 0.717) is 31.6 Å². The van der Waals surface area contributed by atoms with Crippen molar-refractivity contribution in [3.8, 4) is 0 Å². The minimum atomic E-state index is -1.28. The Hall–Kier alpha value is -3.06. The maximum atomic E-state index is 14.4. The van der Waals surface area contributed by atoms with Gasteiger partial charge in [-0.15, -0.1) is 0 Å². The summed E-state index contributed by atoms with van der Waals surface area (Å²) in [5, 5.41) is 8.84. The number of fused-ring (bicyclic) bond motifs is 1. The number of urea groups is 1. The lowest BCUT2D eigenvalue weighted by atomic mass is 9.83. The molecule has 3 saturated carbocycles. The van der Waals surface area contributed by atoms with Gasteiger partial charge in [0.15, 0.2) is 11.5 Å². The maximum Gasteiger partial charge on any atom is 0.316 e. The SMILES string of the molecule is CC1(C)C2CN(C(=O)[C@@H](NC(=O)NC3(C[S+]([O-])Cc4ccco4)CCCCC3)C(C)(C)C)C(C(=O)NC(CC3CC3)C(=O)C(N)=O)C21. The lowest BCUT2D eigenvalue weighted by Gasteiger charge is -2.40. The monoisotopic (exact) mass is 673 g/mol. The van der Waals surface area contributed by atoms with Crippen molar-refractivity contribution >= 4 is 40.7 Å². The van der Waals surface area contributed by atoms with Crippen LogP contribution in [0.25, 0.3) is 0 Å². The van der Waals surface area contributed by atoms with Crippen LogP contribution in [0.15, 0.2) is 22.8 Å². The Bertz CT molecular complexity index is 1350. The summed E-state index contributed by atoms with van der Waals surface area (Å²) in [5.41, 5.74) is 3.73. The molecule has 0 spiro atoms. The summed E-state index contributed by atoms with van der Waals surface area (Å²) < 4.78 is 18.6. The van der Waals surface area contributed by atoms with E-state index in [0.717, 1.165) is 32.1 Å². The quantitative estimate of drug-likeness (QED) is 0.183. The molecule has 5 unspecified atom stereocenters. The molecule has 5 rings (SSSR count). The Morgan fingerprint density at radius 3 is 2.36 bits per heavy atom. The van der Waals surface area contributed by atoms with Gasteiger partial charge in [0.2, 0.25) is 17.6 Å². The average molecular weight is 674 g/mol. The van der Waals surface area contributed by atoms with Gasteiger partial charge in [0.1, 0.15) is 17.8 Å². The topological polar surface area (TPSA) is 187 Å². The van der Waals surface area contributed by atoms with Gasteiger partial charge in [0.25, 0.3) is 5.91 Å². The molecule has 12 nitrogen and oxygen atoms in total. The summed E-state index contributed by atoms with van der Waals surface area (Å²) in [6.45, 7) is 10.0. The zero-order valence-corrected chi connectivity index (χ0v) is 29.1. The summed E-state index contributed by atoms with van der Waals surface area (Å²) in [5.74, 6) is -1.43. The lowest BCUT2D eigenvalue weighted by Crippen LogP contribution is -2.64. The van der Waals surface area contributed by atoms with E-state index < -0.39 is 63.9 Å². The predicted molar refractivity (Wildman–Crippen MR) is 176 cm³/mol. The molecule has 0 radical (unpaired) electrons. The normalized spacial score (nSPS) is 26.3. The van der Waals surface area contributed by atoms with E-state index in [1.807, 2.05) is 20.8 Å². The van der Waals surface area contributed by atoms with Crippen LogP contribution in [0, 0.1) is 28.6 Å². The Morgan fingerprint density at radius 2 is 1.79 bits per heavy atom. The van der Waals surface area contributed by atoms with Crippen molar-refractivity contribution < 1.29 is 32.9 Å². The number of carbonyl (C=O) groups is 5. The molecule has 5 N–H and O–H groups in total. The zero-order valence-electron chi connectivity index (χ0n) is 28.3. The standard InChI is InChI=1S/C34H51N5O7S/c1-32(2,3)27(37-31(44)38-34(13-7-6-8-14-34)19-47(45)18-21-10-9-15-46-21)30(43)39-17-22-24(33(22,4)5)25(39)29(42)36-23(16-20-11-12-20)26(40)28(35)41/h9-10,15,20,22-25,27H,6-8,11-14,16-19H2,1-5H3,(H2,35,41)(H,36,42)(H2,37,38,44)/t22?,23?,24?,25?,27-,47?/m1/s1. The molecule has 13 heteroatoms. The summed E-state index contributed by atoms with van der Waals surface area (Å²) in [6.07, 6.45) is 7.90. The number of carbonyl (C=O) groups excluding carboxylic acids is 5. The van der Waals surface area contributed by atoms with E-state index in [1.54, 1.807) is 23.3 Å². The zero-order chi connectivity index (χ0) is 34.3. The smallest absolute Gasteiger partial charge is 0.316 e. The summed E-state index contributed by atoms with van der Waals surface area (Å²) >= 11 is -1.28. The van der Waals surface area contributed by atoms with Gasteiger partial charge in [0, 0.05) is 6.54 Å². The van der Waals surface area contributed by atoms with Gasteiger partial charge in [-0.2, -0.15) is 0 Å². The van der Waals surface area contributed by atoms with Crippen molar-refractivity contribution in [2.24, 2.45) is 34.3 Å².